The third-order valence-corrected chi connectivity index (χ3v) is 5.68. The van der Waals surface area contributed by atoms with Gasteiger partial charge < -0.3 is 0 Å². The molecule has 0 spiro atoms. The van der Waals surface area contributed by atoms with Crippen LogP contribution in [0, 0.1) is 5.92 Å². The van der Waals surface area contributed by atoms with Crippen molar-refractivity contribution in [2.45, 2.75) is 36.7 Å². The summed E-state index contributed by atoms with van der Waals surface area (Å²) in [5.41, 5.74) is 0. The lowest BCUT2D eigenvalue weighted by molar-refractivity contribution is 0.536. The van der Waals surface area contributed by atoms with Crippen LogP contribution in [0.5, 0.6) is 0 Å². The molecular formula is C9H15S2. The Morgan fingerprint density at radius 1 is 0.909 bits per heavy atom. The molecule has 2 heteroatoms. The van der Waals surface area contributed by atoms with Crippen molar-refractivity contribution in [3.63, 3.8) is 0 Å². The Labute approximate surface area is 77.9 Å². The van der Waals surface area contributed by atoms with E-state index in [4.69, 9.17) is 0 Å². The van der Waals surface area contributed by atoms with Gasteiger partial charge in [0.1, 0.15) is 0 Å². The molecule has 2 fully saturated rings. The van der Waals surface area contributed by atoms with Crippen LogP contribution in [0.25, 0.3) is 0 Å². The highest BCUT2D eigenvalue weighted by Gasteiger charge is 2.27. The van der Waals surface area contributed by atoms with Gasteiger partial charge in [-0.3, -0.25) is 0 Å². The predicted octanol–water partition coefficient (Wildman–Crippen LogP) is 3.33. The molecule has 0 unspecified atom stereocenters. The zero-order valence-electron chi connectivity index (χ0n) is 6.84. The molecule has 0 amide bonds. The topological polar surface area (TPSA) is 0 Å². The monoisotopic (exact) mass is 187 g/mol. The molecule has 1 radical (unpaired) electrons. The van der Waals surface area contributed by atoms with Gasteiger partial charge >= 0.3 is 0 Å². The normalized spacial score (nSPS) is 29.5. The van der Waals surface area contributed by atoms with E-state index in [1.165, 1.54) is 43.6 Å². The van der Waals surface area contributed by atoms with E-state index < -0.39 is 0 Å². The Kier molecular flexibility index (Phi) is 3.08. The summed E-state index contributed by atoms with van der Waals surface area (Å²) in [4.78, 5) is 0. The average Bonchev–Trinajstić information content (AvgIpc) is 2.58. The summed E-state index contributed by atoms with van der Waals surface area (Å²) < 4.78 is 0.898. The van der Waals surface area contributed by atoms with E-state index in [1.54, 1.807) is 0 Å². The first kappa shape index (κ1) is 8.31. The van der Waals surface area contributed by atoms with Crippen LogP contribution in [0.1, 0.15) is 32.1 Å². The van der Waals surface area contributed by atoms with Crippen LogP contribution in [0.4, 0.5) is 0 Å². The molecule has 1 saturated heterocycles. The Balaban J connectivity index is 1.82. The van der Waals surface area contributed by atoms with Gasteiger partial charge in [-0.1, -0.05) is 19.3 Å². The third-order valence-electron chi connectivity index (χ3n) is 2.45. The van der Waals surface area contributed by atoms with Gasteiger partial charge in [0.15, 0.2) is 0 Å². The second-order valence-electron chi connectivity index (χ2n) is 3.29. The Morgan fingerprint density at radius 2 is 1.55 bits per heavy atom. The van der Waals surface area contributed by atoms with Crippen LogP contribution < -0.4 is 0 Å². The summed E-state index contributed by atoms with van der Waals surface area (Å²) in [6, 6.07) is 0. The van der Waals surface area contributed by atoms with Gasteiger partial charge in [-0.15, -0.1) is 23.5 Å². The van der Waals surface area contributed by atoms with Crippen LogP contribution in [0.15, 0.2) is 0 Å². The highest BCUT2D eigenvalue weighted by atomic mass is 32.2. The van der Waals surface area contributed by atoms with Gasteiger partial charge in [-0.05, 0) is 18.8 Å². The van der Waals surface area contributed by atoms with E-state index in [0.29, 0.717) is 0 Å². The maximum Gasteiger partial charge on any atom is 0.0565 e. The Hall–Kier alpha value is 0.700. The number of thioether (sulfide) groups is 2. The number of hydrogen-bond acceptors (Lipinski definition) is 2. The molecule has 0 N–H and O–H groups in total. The van der Waals surface area contributed by atoms with Crippen LogP contribution in [0.3, 0.4) is 0 Å². The summed E-state index contributed by atoms with van der Waals surface area (Å²) in [6.45, 7) is 0. The first-order valence-corrected chi connectivity index (χ1v) is 6.64. The molecular weight excluding hydrogens is 172 g/mol. The Bertz CT molecular complexity index is 113. The molecule has 11 heavy (non-hydrogen) atoms. The minimum absolute atomic E-state index is 0.898. The van der Waals surface area contributed by atoms with Crippen molar-refractivity contribution in [2.24, 2.45) is 0 Å². The predicted molar refractivity (Wildman–Crippen MR) is 55.0 cm³/mol. The maximum absolute atomic E-state index is 2.17. The minimum atomic E-state index is 0.898. The first-order chi connectivity index (χ1) is 5.47. The van der Waals surface area contributed by atoms with E-state index in [9.17, 15) is 0 Å². The second kappa shape index (κ2) is 4.08. The van der Waals surface area contributed by atoms with E-state index in [2.05, 4.69) is 23.5 Å². The lowest BCUT2D eigenvalue weighted by Gasteiger charge is -2.25. The highest BCUT2D eigenvalue weighted by Crippen LogP contribution is 2.44. The molecule has 63 valence electrons. The number of rotatable bonds is 1. The molecule has 0 nitrogen and oxygen atoms in total. The standard InChI is InChI=1S/C9H15S2/c1-2-4-8(5-3-1)9-10-6-7-11-9/h9H,1-7H2. The van der Waals surface area contributed by atoms with Crippen molar-refractivity contribution in [3.05, 3.63) is 5.92 Å². The third kappa shape index (κ3) is 2.09. The largest absolute Gasteiger partial charge is 0.146 e. The molecule has 2 rings (SSSR count). The summed E-state index contributed by atoms with van der Waals surface area (Å²) in [5, 5.41) is 0. The van der Waals surface area contributed by atoms with Crippen LogP contribution in [-0.4, -0.2) is 16.1 Å². The van der Waals surface area contributed by atoms with Crippen molar-refractivity contribution >= 4 is 23.5 Å². The fourth-order valence-corrected chi connectivity index (χ4v) is 4.94. The van der Waals surface area contributed by atoms with Crippen molar-refractivity contribution < 1.29 is 0 Å². The molecule has 2 aliphatic rings. The summed E-state index contributed by atoms with van der Waals surface area (Å²) in [7, 11) is 0. The van der Waals surface area contributed by atoms with Crippen LogP contribution in [0.2, 0.25) is 0 Å². The Morgan fingerprint density at radius 3 is 2.18 bits per heavy atom. The lowest BCUT2D eigenvalue weighted by atomic mass is 9.91. The average molecular weight is 187 g/mol. The zero-order valence-corrected chi connectivity index (χ0v) is 8.48. The van der Waals surface area contributed by atoms with Crippen molar-refractivity contribution in [3.8, 4) is 0 Å². The van der Waals surface area contributed by atoms with Gasteiger partial charge in [-0.2, -0.15) is 0 Å². The van der Waals surface area contributed by atoms with Crippen LogP contribution >= 0.6 is 23.5 Å². The molecule has 1 aliphatic carbocycles. The maximum atomic E-state index is 2.17. The molecule has 0 atom stereocenters. The molecule has 0 aromatic carbocycles. The molecule has 1 saturated carbocycles. The smallest absolute Gasteiger partial charge is 0.0565 e. The molecule has 1 heterocycles. The van der Waals surface area contributed by atoms with E-state index in [-0.39, 0.29) is 0 Å². The molecule has 0 aromatic heterocycles. The fourth-order valence-electron chi connectivity index (χ4n) is 1.84. The van der Waals surface area contributed by atoms with E-state index >= 15 is 0 Å². The summed E-state index contributed by atoms with van der Waals surface area (Å²) >= 11 is 4.35. The second-order valence-corrected chi connectivity index (χ2v) is 6.02. The summed E-state index contributed by atoms with van der Waals surface area (Å²) in [5.74, 6) is 4.64. The van der Waals surface area contributed by atoms with Crippen molar-refractivity contribution in [2.75, 3.05) is 11.5 Å². The number of hydrogen-bond donors (Lipinski definition) is 0. The zero-order chi connectivity index (χ0) is 7.52. The van der Waals surface area contributed by atoms with Gasteiger partial charge in [0.2, 0.25) is 0 Å². The van der Waals surface area contributed by atoms with Gasteiger partial charge in [0, 0.05) is 11.5 Å². The quantitative estimate of drug-likeness (QED) is 0.617. The first-order valence-electron chi connectivity index (χ1n) is 4.54. The van der Waals surface area contributed by atoms with Crippen molar-refractivity contribution in [1.82, 2.24) is 0 Å². The van der Waals surface area contributed by atoms with Gasteiger partial charge in [0.05, 0.1) is 4.58 Å². The van der Waals surface area contributed by atoms with Crippen LogP contribution in [-0.2, 0) is 0 Å². The van der Waals surface area contributed by atoms with Gasteiger partial charge in [-0.25, -0.2) is 0 Å². The molecule has 0 aromatic rings. The van der Waals surface area contributed by atoms with E-state index in [1.807, 2.05) is 5.92 Å². The highest BCUT2D eigenvalue weighted by molar-refractivity contribution is 8.20. The van der Waals surface area contributed by atoms with Crippen molar-refractivity contribution in [1.29, 1.82) is 0 Å². The summed E-state index contributed by atoms with van der Waals surface area (Å²) in [6.07, 6.45) is 7.28. The SMILES string of the molecule is C1CC[C](C2SCCS2)CC1. The van der Waals surface area contributed by atoms with Gasteiger partial charge in [0.25, 0.3) is 0 Å². The molecule has 1 aliphatic heterocycles. The van der Waals surface area contributed by atoms with E-state index in [0.717, 1.165) is 4.58 Å². The minimum Gasteiger partial charge on any atom is -0.146 e. The fraction of sp³-hybridized carbons (Fsp3) is 0.889. The molecule has 0 bridgehead atoms. The lowest BCUT2D eigenvalue weighted by Crippen LogP contribution is -2.12.